The number of rotatable bonds is 9. The van der Waals surface area contributed by atoms with Gasteiger partial charge in [-0.2, -0.15) is 15.0 Å². The Bertz CT molecular complexity index is 1120. The third-order valence-corrected chi connectivity index (χ3v) is 7.01. The number of piperidine rings is 1. The summed E-state index contributed by atoms with van der Waals surface area (Å²) in [7, 11) is 2.17. The summed E-state index contributed by atoms with van der Waals surface area (Å²) >= 11 is 1.71. The fourth-order valence-corrected chi connectivity index (χ4v) is 5.15. The second-order valence-corrected chi connectivity index (χ2v) is 9.50. The van der Waals surface area contributed by atoms with Crippen molar-refractivity contribution in [2.75, 3.05) is 26.7 Å². The maximum atomic E-state index is 6.72. The van der Waals surface area contributed by atoms with Crippen molar-refractivity contribution in [1.29, 1.82) is 0 Å². The number of ether oxygens (including phenoxy) is 2. The van der Waals surface area contributed by atoms with E-state index >= 15 is 0 Å². The number of aromatic nitrogens is 4. The van der Waals surface area contributed by atoms with Crippen molar-refractivity contribution in [3.8, 4) is 5.75 Å². The lowest BCUT2D eigenvalue weighted by atomic mass is 10.1. The number of aryl methyl sites for hydroxylation is 1. The molecule has 172 valence electrons. The normalized spacial score (nSPS) is 16.3. The fraction of sp³-hybridized carbons (Fsp3) is 0.400. The second kappa shape index (κ2) is 10.4. The molecule has 7 nitrogen and oxygen atoms in total. The third-order valence-electron chi connectivity index (χ3n) is 5.93. The number of benzene rings is 2. The SMILES string of the molecule is CN1CCC(OC(c2cccc(OCCCn3nccn3)c2)c2nc3ccccc3s2)CC1. The van der Waals surface area contributed by atoms with Crippen molar-refractivity contribution >= 4 is 21.6 Å². The zero-order valence-corrected chi connectivity index (χ0v) is 19.7. The van der Waals surface area contributed by atoms with Crippen molar-refractivity contribution in [2.24, 2.45) is 0 Å². The summed E-state index contributed by atoms with van der Waals surface area (Å²) in [5, 5.41) is 9.27. The van der Waals surface area contributed by atoms with Crippen LogP contribution < -0.4 is 4.74 Å². The monoisotopic (exact) mass is 463 g/mol. The van der Waals surface area contributed by atoms with Gasteiger partial charge in [-0.1, -0.05) is 24.3 Å². The Morgan fingerprint density at radius 3 is 2.70 bits per heavy atom. The zero-order chi connectivity index (χ0) is 22.5. The predicted molar refractivity (Wildman–Crippen MR) is 130 cm³/mol. The first-order valence-corrected chi connectivity index (χ1v) is 12.3. The van der Waals surface area contributed by atoms with Crippen LogP contribution in [-0.4, -0.2) is 57.7 Å². The summed E-state index contributed by atoms with van der Waals surface area (Å²) in [6.07, 6.45) is 6.32. The first-order chi connectivity index (χ1) is 16.2. The second-order valence-electron chi connectivity index (χ2n) is 8.44. The topological polar surface area (TPSA) is 65.3 Å². The average molecular weight is 464 g/mol. The molecule has 1 aliphatic heterocycles. The molecule has 8 heteroatoms. The van der Waals surface area contributed by atoms with Crippen molar-refractivity contribution < 1.29 is 9.47 Å². The molecule has 1 unspecified atom stereocenters. The van der Waals surface area contributed by atoms with E-state index in [9.17, 15) is 0 Å². The Morgan fingerprint density at radius 1 is 1.06 bits per heavy atom. The smallest absolute Gasteiger partial charge is 0.135 e. The van der Waals surface area contributed by atoms with Gasteiger partial charge in [0.15, 0.2) is 0 Å². The van der Waals surface area contributed by atoms with E-state index in [1.165, 1.54) is 4.70 Å². The van der Waals surface area contributed by atoms with Crippen LogP contribution in [0.1, 0.15) is 35.9 Å². The lowest BCUT2D eigenvalue weighted by molar-refractivity contribution is -0.0235. The first-order valence-electron chi connectivity index (χ1n) is 11.5. The molecule has 0 amide bonds. The zero-order valence-electron chi connectivity index (χ0n) is 18.8. The number of thiazole rings is 1. The van der Waals surface area contributed by atoms with E-state index in [0.29, 0.717) is 6.61 Å². The van der Waals surface area contributed by atoms with E-state index in [1.807, 2.05) is 18.2 Å². The number of hydrogen-bond donors (Lipinski definition) is 0. The van der Waals surface area contributed by atoms with E-state index < -0.39 is 0 Å². The van der Waals surface area contributed by atoms with E-state index in [0.717, 1.165) is 60.7 Å². The summed E-state index contributed by atoms with van der Waals surface area (Å²) in [6, 6.07) is 16.5. The summed E-state index contributed by atoms with van der Waals surface area (Å²) in [4.78, 5) is 8.97. The predicted octanol–water partition coefficient (Wildman–Crippen LogP) is 4.56. The lowest BCUT2D eigenvalue weighted by Gasteiger charge is -2.31. The number of likely N-dealkylation sites (tertiary alicyclic amines) is 1. The molecule has 0 aliphatic carbocycles. The Hall–Kier alpha value is -2.81. The fourth-order valence-electron chi connectivity index (χ4n) is 4.12. The maximum absolute atomic E-state index is 6.72. The molecule has 0 radical (unpaired) electrons. The lowest BCUT2D eigenvalue weighted by Crippen LogP contribution is -2.35. The van der Waals surface area contributed by atoms with E-state index in [1.54, 1.807) is 28.5 Å². The first kappa shape index (κ1) is 22.0. The van der Waals surface area contributed by atoms with Crippen molar-refractivity contribution in [3.63, 3.8) is 0 Å². The number of fused-ring (bicyclic) bond motifs is 1. The van der Waals surface area contributed by atoms with Gasteiger partial charge in [0.1, 0.15) is 16.9 Å². The minimum atomic E-state index is -0.201. The molecule has 2 aromatic heterocycles. The van der Waals surface area contributed by atoms with Gasteiger partial charge in [-0.25, -0.2) is 4.98 Å². The number of nitrogens with zero attached hydrogens (tertiary/aromatic N) is 5. The van der Waals surface area contributed by atoms with Crippen LogP contribution >= 0.6 is 11.3 Å². The van der Waals surface area contributed by atoms with E-state index in [4.69, 9.17) is 14.5 Å². The molecule has 0 bridgehead atoms. The number of para-hydroxylation sites is 1. The largest absolute Gasteiger partial charge is 0.494 e. The minimum absolute atomic E-state index is 0.201. The number of hydrogen-bond acceptors (Lipinski definition) is 7. The van der Waals surface area contributed by atoms with E-state index in [2.05, 4.69) is 52.5 Å². The van der Waals surface area contributed by atoms with Crippen LogP contribution in [0.3, 0.4) is 0 Å². The molecular formula is C25H29N5O2S. The van der Waals surface area contributed by atoms with E-state index in [-0.39, 0.29) is 12.2 Å². The summed E-state index contributed by atoms with van der Waals surface area (Å²) in [5.41, 5.74) is 2.10. The highest BCUT2D eigenvalue weighted by Gasteiger charge is 2.26. The molecule has 0 spiro atoms. The van der Waals surface area contributed by atoms with Gasteiger partial charge in [0.05, 0.1) is 41.9 Å². The standard InChI is InChI=1S/C25H29N5O2S/c1-29-15-10-20(11-16-29)32-24(25-28-22-8-2-3-9-23(22)33-25)19-6-4-7-21(18-19)31-17-5-14-30-26-12-13-27-30/h2-4,6-9,12-13,18,20,24H,5,10-11,14-17H2,1H3. The van der Waals surface area contributed by atoms with Crippen LogP contribution in [-0.2, 0) is 11.3 Å². The Balaban J connectivity index is 1.33. The Labute approximate surface area is 198 Å². The van der Waals surface area contributed by atoms with Gasteiger partial charge in [0, 0.05) is 19.5 Å². The molecule has 2 aromatic carbocycles. The molecule has 0 saturated carbocycles. The van der Waals surface area contributed by atoms with Crippen LogP contribution in [0.25, 0.3) is 10.2 Å². The highest BCUT2D eigenvalue weighted by Crippen LogP contribution is 2.36. The molecule has 1 aliphatic rings. The molecule has 33 heavy (non-hydrogen) atoms. The Morgan fingerprint density at radius 2 is 1.88 bits per heavy atom. The quantitative estimate of drug-likeness (QED) is 0.339. The third kappa shape index (κ3) is 5.58. The average Bonchev–Trinajstić information content (AvgIpc) is 3.51. The highest BCUT2D eigenvalue weighted by molar-refractivity contribution is 7.18. The summed E-state index contributed by atoms with van der Waals surface area (Å²) < 4.78 is 13.9. The minimum Gasteiger partial charge on any atom is -0.494 e. The summed E-state index contributed by atoms with van der Waals surface area (Å²) in [5.74, 6) is 0.846. The van der Waals surface area contributed by atoms with Crippen LogP contribution in [0.5, 0.6) is 5.75 Å². The summed E-state index contributed by atoms with van der Waals surface area (Å²) in [6.45, 7) is 3.46. The maximum Gasteiger partial charge on any atom is 0.135 e. The molecule has 0 N–H and O–H groups in total. The van der Waals surface area contributed by atoms with Crippen molar-refractivity contribution in [1.82, 2.24) is 24.9 Å². The molecule has 5 rings (SSSR count). The van der Waals surface area contributed by atoms with Crippen LogP contribution in [0.2, 0.25) is 0 Å². The molecule has 1 saturated heterocycles. The molecule has 3 heterocycles. The van der Waals surface area contributed by atoms with Crippen LogP contribution in [0.15, 0.2) is 60.9 Å². The van der Waals surface area contributed by atoms with Gasteiger partial charge in [0.2, 0.25) is 0 Å². The van der Waals surface area contributed by atoms with Gasteiger partial charge >= 0.3 is 0 Å². The van der Waals surface area contributed by atoms with Gasteiger partial charge in [0.25, 0.3) is 0 Å². The molecule has 1 fully saturated rings. The molecular weight excluding hydrogens is 434 g/mol. The van der Waals surface area contributed by atoms with Crippen LogP contribution in [0.4, 0.5) is 0 Å². The van der Waals surface area contributed by atoms with Gasteiger partial charge in [-0.3, -0.25) is 0 Å². The van der Waals surface area contributed by atoms with Crippen LogP contribution in [0, 0.1) is 0 Å². The van der Waals surface area contributed by atoms with Gasteiger partial charge < -0.3 is 14.4 Å². The van der Waals surface area contributed by atoms with Crippen molar-refractivity contribution in [3.05, 3.63) is 71.5 Å². The Kier molecular flexibility index (Phi) is 6.95. The molecule has 1 atom stereocenters. The van der Waals surface area contributed by atoms with Crippen molar-refractivity contribution in [2.45, 2.75) is 38.0 Å². The highest BCUT2D eigenvalue weighted by atomic mass is 32.1. The van der Waals surface area contributed by atoms with Gasteiger partial charge in [-0.05, 0) is 49.7 Å². The van der Waals surface area contributed by atoms with Gasteiger partial charge in [-0.15, -0.1) is 11.3 Å². The molecule has 4 aromatic rings.